The van der Waals surface area contributed by atoms with Crippen LogP contribution in [0, 0.1) is 5.92 Å². The van der Waals surface area contributed by atoms with Crippen LogP contribution in [-0.2, 0) is 11.2 Å². The van der Waals surface area contributed by atoms with Crippen molar-refractivity contribution >= 4 is 11.6 Å². The molecule has 0 aromatic heterocycles. The predicted molar refractivity (Wildman–Crippen MR) is 66.7 cm³/mol. The average Bonchev–Trinajstić information content (AvgIpc) is 2.33. The van der Waals surface area contributed by atoms with Crippen molar-refractivity contribution in [1.29, 1.82) is 0 Å². The summed E-state index contributed by atoms with van der Waals surface area (Å²) in [6.45, 7) is 1.71. The van der Waals surface area contributed by atoms with Gasteiger partial charge in [-0.1, -0.05) is 23.7 Å². The lowest BCUT2D eigenvalue weighted by atomic mass is 9.90. The lowest BCUT2D eigenvalue weighted by Crippen LogP contribution is -2.37. The highest BCUT2D eigenvalue weighted by molar-refractivity contribution is 6.30. The lowest BCUT2D eigenvalue weighted by molar-refractivity contribution is 0.0450. The first-order chi connectivity index (χ1) is 7.75. The second kappa shape index (κ2) is 5.67. The van der Waals surface area contributed by atoms with Crippen LogP contribution in [0.25, 0.3) is 0 Å². The number of benzene rings is 1. The molecule has 3 heteroatoms. The van der Waals surface area contributed by atoms with E-state index < -0.39 is 0 Å². The fourth-order valence-electron chi connectivity index (χ4n) is 2.16. The molecule has 1 aromatic carbocycles. The van der Waals surface area contributed by atoms with Gasteiger partial charge in [-0.15, -0.1) is 0 Å². The summed E-state index contributed by atoms with van der Waals surface area (Å²) in [5.74, 6) is 0.504. The molecule has 0 aliphatic carbocycles. The molecule has 0 amide bonds. The van der Waals surface area contributed by atoms with Crippen LogP contribution in [0.2, 0.25) is 5.02 Å². The first-order valence-corrected chi connectivity index (χ1v) is 6.21. The van der Waals surface area contributed by atoms with E-state index >= 15 is 0 Å². The minimum atomic E-state index is 0.196. The van der Waals surface area contributed by atoms with E-state index in [9.17, 15) is 0 Å². The van der Waals surface area contributed by atoms with Gasteiger partial charge in [0.2, 0.25) is 0 Å². The van der Waals surface area contributed by atoms with Gasteiger partial charge in [0, 0.05) is 17.7 Å². The van der Waals surface area contributed by atoms with Crippen molar-refractivity contribution in [2.45, 2.75) is 25.3 Å². The Morgan fingerprint density at radius 1 is 1.38 bits per heavy atom. The minimum absolute atomic E-state index is 0.196. The molecule has 1 aliphatic heterocycles. The van der Waals surface area contributed by atoms with Gasteiger partial charge >= 0.3 is 0 Å². The van der Waals surface area contributed by atoms with Crippen LogP contribution in [0.4, 0.5) is 0 Å². The third-order valence-corrected chi connectivity index (χ3v) is 3.44. The van der Waals surface area contributed by atoms with Crippen LogP contribution in [0.15, 0.2) is 24.3 Å². The zero-order chi connectivity index (χ0) is 11.4. The summed E-state index contributed by atoms with van der Waals surface area (Å²) < 4.78 is 5.46. The van der Waals surface area contributed by atoms with Crippen LogP contribution in [0.5, 0.6) is 0 Å². The van der Waals surface area contributed by atoms with Gasteiger partial charge in [-0.3, -0.25) is 0 Å². The van der Waals surface area contributed by atoms with E-state index in [1.165, 1.54) is 12.0 Å². The van der Waals surface area contributed by atoms with Crippen molar-refractivity contribution in [2.24, 2.45) is 11.7 Å². The summed E-state index contributed by atoms with van der Waals surface area (Å²) in [6, 6.07) is 8.13. The molecule has 0 bridgehead atoms. The first-order valence-electron chi connectivity index (χ1n) is 5.83. The molecule has 1 fully saturated rings. The second-order valence-electron chi connectivity index (χ2n) is 4.47. The number of hydrogen-bond acceptors (Lipinski definition) is 2. The van der Waals surface area contributed by atoms with Gasteiger partial charge in [-0.25, -0.2) is 0 Å². The average molecular weight is 240 g/mol. The Labute approximate surface area is 102 Å². The number of halogens is 1. The Bertz CT molecular complexity index is 319. The van der Waals surface area contributed by atoms with Crippen LogP contribution in [-0.4, -0.2) is 19.3 Å². The maximum absolute atomic E-state index is 6.21. The summed E-state index contributed by atoms with van der Waals surface area (Å²) in [6.07, 6.45) is 3.24. The molecule has 0 spiro atoms. The van der Waals surface area contributed by atoms with Crippen molar-refractivity contribution in [1.82, 2.24) is 0 Å². The van der Waals surface area contributed by atoms with Gasteiger partial charge in [0.25, 0.3) is 0 Å². The van der Waals surface area contributed by atoms with Crippen LogP contribution >= 0.6 is 11.6 Å². The molecule has 2 rings (SSSR count). The first kappa shape index (κ1) is 11.9. The van der Waals surface area contributed by atoms with E-state index in [2.05, 4.69) is 0 Å². The second-order valence-corrected chi connectivity index (χ2v) is 4.91. The summed E-state index contributed by atoms with van der Waals surface area (Å²) in [7, 11) is 0. The third kappa shape index (κ3) is 3.21. The Hall–Kier alpha value is -0.570. The van der Waals surface area contributed by atoms with Crippen molar-refractivity contribution in [3.8, 4) is 0 Å². The molecule has 1 heterocycles. The molecule has 2 atom stereocenters. The molecule has 0 saturated carbocycles. The van der Waals surface area contributed by atoms with Gasteiger partial charge in [-0.2, -0.15) is 0 Å². The van der Waals surface area contributed by atoms with E-state index in [1.807, 2.05) is 24.3 Å². The van der Waals surface area contributed by atoms with E-state index in [4.69, 9.17) is 22.1 Å². The largest absolute Gasteiger partial charge is 0.381 e. The Morgan fingerprint density at radius 2 is 2.12 bits per heavy atom. The molecule has 2 nitrogen and oxygen atoms in total. The smallest absolute Gasteiger partial charge is 0.0509 e. The zero-order valence-electron chi connectivity index (χ0n) is 9.36. The topological polar surface area (TPSA) is 35.2 Å². The quantitative estimate of drug-likeness (QED) is 0.880. The summed E-state index contributed by atoms with van der Waals surface area (Å²) in [5.41, 5.74) is 7.46. The van der Waals surface area contributed by atoms with Crippen molar-refractivity contribution in [3.05, 3.63) is 34.9 Å². The molecule has 1 aliphatic rings. The fraction of sp³-hybridized carbons (Fsp3) is 0.538. The number of nitrogens with two attached hydrogens (primary N) is 1. The molecule has 1 saturated heterocycles. The van der Waals surface area contributed by atoms with Crippen LogP contribution < -0.4 is 5.73 Å². The number of ether oxygens (including phenoxy) is 1. The predicted octanol–water partition coefficient (Wildman–Crippen LogP) is 2.64. The van der Waals surface area contributed by atoms with Crippen molar-refractivity contribution in [2.75, 3.05) is 13.2 Å². The highest BCUT2D eigenvalue weighted by atomic mass is 35.5. The SMILES string of the molecule is NC(Cc1ccc(Cl)cc1)C1CCCOC1. The molecule has 88 valence electrons. The van der Waals surface area contributed by atoms with Gasteiger partial charge < -0.3 is 10.5 Å². The maximum Gasteiger partial charge on any atom is 0.0509 e. The van der Waals surface area contributed by atoms with Gasteiger partial charge in [-0.05, 0) is 42.9 Å². The fourth-order valence-corrected chi connectivity index (χ4v) is 2.29. The molecular weight excluding hydrogens is 222 g/mol. The van der Waals surface area contributed by atoms with Crippen molar-refractivity contribution < 1.29 is 4.74 Å². The minimum Gasteiger partial charge on any atom is -0.381 e. The summed E-state index contributed by atoms with van der Waals surface area (Å²) in [5, 5.41) is 0.776. The number of rotatable bonds is 3. The van der Waals surface area contributed by atoms with E-state index in [0.29, 0.717) is 5.92 Å². The Balaban J connectivity index is 1.90. The highest BCUT2D eigenvalue weighted by Gasteiger charge is 2.21. The molecule has 2 N–H and O–H groups in total. The Morgan fingerprint density at radius 3 is 2.75 bits per heavy atom. The lowest BCUT2D eigenvalue weighted by Gasteiger charge is -2.27. The van der Waals surface area contributed by atoms with Gasteiger partial charge in [0.05, 0.1) is 6.61 Å². The summed E-state index contributed by atoms with van der Waals surface area (Å²) in [4.78, 5) is 0. The molecule has 0 radical (unpaired) electrons. The normalized spacial score (nSPS) is 23.0. The molecule has 2 unspecified atom stereocenters. The van der Waals surface area contributed by atoms with Crippen LogP contribution in [0.1, 0.15) is 18.4 Å². The highest BCUT2D eigenvalue weighted by Crippen LogP contribution is 2.19. The summed E-state index contributed by atoms with van der Waals surface area (Å²) >= 11 is 5.85. The Kier molecular flexibility index (Phi) is 4.22. The van der Waals surface area contributed by atoms with Gasteiger partial charge in [0.1, 0.15) is 0 Å². The van der Waals surface area contributed by atoms with E-state index in [0.717, 1.165) is 31.1 Å². The van der Waals surface area contributed by atoms with Crippen LogP contribution in [0.3, 0.4) is 0 Å². The zero-order valence-corrected chi connectivity index (χ0v) is 10.1. The van der Waals surface area contributed by atoms with E-state index in [1.54, 1.807) is 0 Å². The van der Waals surface area contributed by atoms with Gasteiger partial charge in [0.15, 0.2) is 0 Å². The maximum atomic E-state index is 6.21. The molecule has 16 heavy (non-hydrogen) atoms. The molecular formula is C13H18ClNO. The van der Waals surface area contributed by atoms with Crippen molar-refractivity contribution in [3.63, 3.8) is 0 Å². The number of hydrogen-bond donors (Lipinski definition) is 1. The monoisotopic (exact) mass is 239 g/mol. The standard InChI is InChI=1S/C13H18ClNO/c14-12-5-3-10(4-6-12)8-13(15)11-2-1-7-16-9-11/h3-6,11,13H,1-2,7-9,15H2. The third-order valence-electron chi connectivity index (χ3n) is 3.19. The molecule has 1 aromatic rings. The van der Waals surface area contributed by atoms with E-state index in [-0.39, 0.29) is 6.04 Å².